The van der Waals surface area contributed by atoms with Crippen LogP contribution in [0.15, 0.2) is 60.8 Å². The Morgan fingerprint density at radius 2 is 0.847 bits per heavy atom. The van der Waals surface area contributed by atoms with E-state index in [1.807, 2.05) is 19.1 Å². The molecule has 0 aromatic carbocycles. The normalized spacial score (nSPS) is 18.3. The molecule has 496 valence electrons. The molecule has 0 radical (unpaired) electrons. The third-order valence-electron chi connectivity index (χ3n) is 16.9. The second-order valence-corrected chi connectivity index (χ2v) is 24.9. The smallest absolute Gasteiger partial charge is 0.305 e. The van der Waals surface area contributed by atoms with Gasteiger partial charge in [0.25, 0.3) is 0 Å². The zero-order valence-electron chi connectivity index (χ0n) is 55.1. The molecule has 0 saturated carbocycles. The van der Waals surface area contributed by atoms with Crippen molar-refractivity contribution >= 4 is 11.9 Å². The lowest BCUT2D eigenvalue weighted by Crippen LogP contribution is -2.60. The summed E-state index contributed by atoms with van der Waals surface area (Å²) in [4.78, 5) is 25.0. The molecule has 85 heavy (non-hydrogen) atoms. The van der Waals surface area contributed by atoms with Gasteiger partial charge in [0.15, 0.2) is 6.29 Å². The number of rotatable bonds is 63. The summed E-state index contributed by atoms with van der Waals surface area (Å²) in [5, 5.41) is 54.2. The fourth-order valence-corrected chi connectivity index (χ4v) is 11.3. The van der Waals surface area contributed by atoms with E-state index in [0.29, 0.717) is 19.4 Å². The average molecular weight is 1200 g/mol. The number of carbonyl (C=O) groups excluding carboxylic acids is 2. The van der Waals surface area contributed by atoms with Crippen LogP contribution in [0, 0.1) is 0 Å². The van der Waals surface area contributed by atoms with Gasteiger partial charge in [0, 0.05) is 12.8 Å². The van der Waals surface area contributed by atoms with Gasteiger partial charge >= 0.3 is 5.97 Å². The van der Waals surface area contributed by atoms with Crippen LogP contribution in [0.5, 0.6) is 0 Å². The van der Waals surface area contributed by atoms with Crippen LogP contribution in [-0.4, -0.2) is 100 Å². The molecule has 7 atom stereocenters. The van der Waals surface area contributed by atoms with Crippen molar-refractivity contribution < 1.29 is 49.3 Å². The number of nitrogens with one attached hydrogen (secondary N) is 1. The van der Waals surface area contributed by atoms with Crippen LogP contribution in [0.4, 0.5) is 0 Å². The highest BCUT2D eigenvalue weighted by Gasteiger charge is 2.44. The Bertz CT molecular complexity index is 1600. The molecule has 1 aliphatic heterocycles. The topological polar surface area (TPSA) is 175 Å². The molecule has 1 saturated heterocycles. The quantitative estimate of drug-likeness (QED) is 0.0195. The predicted molar refractivity (Wildman–Crippen MR) is 357 cm³/mol. The summed E-state index contributed by atoms with van der Waals surface area (Å²) >= 11 is 0. The molecule has 11 heteroatoms. The Kier molecular flexibility index (Phi) is 59.5. The third kappa shape index (κ3) is 51.9. The zero-order chi connectivity index (χ0) is 61.6. The van der Waals surface area contributed by atoms with Crippen molar-refractivity contribution in [1.82, 2.24) is 5.32 Å². The van der Waals surface area contributed by atoms with Crippen molar-refractivity contribution in [2.24, 2.45) is 0 Å². The van der Waals surface area contributed by atoms with Crippen molar-refractivity contribution in [1.29, 1.82) is 0 Å². The predicted octanol–water partition coefficient (Wildman–Crippen LogP) is 18.5. The van der Waals surface area contributed by atoms with Crippen LogP contribution >= 0.6 is 0 Å². The lowest BCUT2D eigenvalue weighted by Gasteiger charge is -2.40. The van der Waals surface area contributed by atoms with Gasteiger partial charge in [0.1, 0.15) is 24.4 Å². The maximum Gasteiger partial charge on any atom is 0.305 e. The van der Waals surface area contributed by atoms with E-state index in [-0.39, 0.29) is 18.5 Å². The number of esters is 1. The Morgan fingerprint density at radius 3 is 1.29 bits per heavy atom. The number of hydrogen-bond donors (Lipinski definition) is 6. The van der Waals surface area contributed by atoms with Crippen LogP contribution < -0.4 is 5.32 Å². The standard InChI is InChI=1S/C74H135NO10/c1-3-5-7-9-11-13-41-46-50-54-58-62-70(79)83-63-59-55-51-47-43-40-38-36-34-32-30-28-26-24-22-20-18-16-14-15-17-19-21-23-25-27-29-31-33-35-37-39-42-45-49-53-57-61-69(78)75-66(67(77)60-56-52-48-44-12-10-8-6-4-2)65-84-74-73(82)72(81)71(80)68(64-76)85-74/h4,6,12,14,16,20,22,44,56,60,66-68,71-74,76-77,80-82H,3,5,7-11,13,15,17-19,21,23-43,45-55,57-59,61-65H2,1-2H3,(H,75,78)/b6-4+,16-14-,22-20-,44-12+,60-56+. The molecule has 1 fully saturated rings. The van der Waals surface area contributed by atoms with Crippen molar-refractivity contribution in [3.63, 3.8) is 0 Å². The molecule has 0 aromatic rings. The maximum atomic E-state index is 13.0. The second kappa shape index (κ2) is 62.9. The number of carbonyl (C=O) groups is 2. The molecular weight excluding hydrogens is 1060 g/mol. The van der Waals surface area contributed by atoms with Crippen molar-refractivity contribution in [2.75, 3.05) is 19.8 Å². The Balaban J connectivity index is 1.90. The summed E-state index contributed by atoms with van der Waals surface area (Å²) in [6, 6.07) is -0.832. The van der Waals surface area contributed by atoms with Gasteiger partial charge in [-0.3, -0.25) is 9.59 Å². The van der Waals surface area contributed by atoms with E-state index in [0.717, 1.165) is 64.2 Å². The maximum absolute atomic E-state index is 13.0. The van der Waals surface area contributed by atoms with Crippen LogP contribution in [0.3, 0.4) is 0 Å². The van der Waals surface area contributed by atoms with E-state index in [4.69, 9.17) is 14.2 Å². The summed E-state index contributed by atoms with van der Waals surface area (Å²) in [5.41, 5.74) is 0. The Morgan fingerprint density at radius 1 is 0.459 bits per heavy atom. The van der Waals surface area contributed by atoms with Gasteiger partial charge in [0.05, 0.1) is 32.0 Å². The molecule has 0 aliphatic carbocycles. The van der Waals surface area contributed by atoms with Gasteiger partial charge in [-0.1, -0.05) is 299 Å². The van der Waals surface area contributed by atoms with E-state index >= 15 is 0 Å². The molecular formula is C74H135NO10. The summed E-state index contributed by atoms with van der Waals surface area (Å²) in [5.74, 6) is -0.185. The average Bonchev–Trinajstić information content (AvgIpc) is 3.34. The molecule has 1 heterocycles. The Labute approximate surface area is 522 Å². The van der Waals surface area contributed by atoms with Crippen molar-refractivity contribution in [3.8, 4) is 0 Å². The highest BCUT2D eigenvalue weighted by molar-refractivity contribution is 5.76. The van der Waals surface area contributed by atoms with Crippen LogP contribution in [0.25, 0.3) is 0 Å². The summed E-state index contributed by atoms with van der Waals surface area (Å²) in [7, 11) is 0. The van der Waals surface area contributed by atoms with Gasteiger partial charge in [-0.15, -0.1) is 0 Å². The fraction of sp³-hybridized carbons (Fsp3) is 0.838. The minimum Gasteiger partial charge on any atom is -0.466 e. The van der Waals surface area contributed by atoms with Gasteiger partial charge in [-0.05, 0) is 84.0 Å². The first kappa shape index (κ1) is 80.4. The number of ether oxygens (including phenoxy) is 3. The van der Waals surface area contributed by atoms with Gasteiger partial charge in [-0.25, -0.2) is 0 Å². The van der Waals surface area contributed by atoms with E-state index in [9.17, 15) is 35.1 Å². The number of unbranched alkanes of at least 4 members (excludes halogenated alkanes) is 42. The molecule has 11 nitrogen and oxygen atoms in total. The van der Waals surface area contributed by atoms with Crippen LogP contribution in [-0.2, 0) is 23.8 Å². The summed E-state index contributed by atoms with van der Waals surface area (Å²) < 4.78 is 16.7. The van der Waals surface area contributed by atoms with Crippen molar-refractivity contribution in [3.05, 3.63) is 60.8 Å². The number of aliphatic hydroxyl groups excluding tert-OH is 5. The molecule has 1 aliphatic rings. The number of hydrogen-bond acceptors (Lipinski definition) is 10. The number of aliphatic hydroxyl groups is 5. The highest BCUT2D eigenvalue weighted by atomic mass is 16.7. The summed E-state index contributed by atoms with van der Waals surface area (Å²) in [6.07, 6.45) is 74.2. The van der Waals surface area contributed by atoms with Crippen molar-refractivity contribution in [2.45, 2.75) is 378 Å². The van der Waals surface area contributed by atoms with E-state index in [1.165, 1.54) is 244 Å². The zero-order valence-corrected chi connectivity index (χ0v) is 55.1. The molecule has 0 spiro atoms. The second-order valence-electron chi connectivity index (χ2n) is 24.9. The summed E-state index contributed by atoms with van der Waals surface area (Å²) in [6.45, 7) is 4.11. The lowest BCUT2D eigenvalue weighted by atomic mass is 9.99. The van der Waals surface area contributed by atoms with Gasteiger partial charge in [-0.2, -0.15) is 0 Å². The monoisotopic (exact) mass is 1200 g/mol. The molecule has 1 rings (SSSR count). The largest absolute Gasteiger partial charge is 0.466 e. The van der Waals surface area contributed by atoms with E-state index in [1.54, 1.807) is 6.08 Å². The van der Waals surface area contributed by atoms with Crippen LogP contribution in [0.1, 0.15) is 335 Å². The first-order chi connectivity index (χ1) is 41.7. The molecule has 6 N–H and O–H groups in total. The third-order valence-corrected chi connectivity index (χ3v) is 16.9. The Hall–Kier alpha value is -2.64. The minimum absolute atomic E-state index is 0.0118. The van der Waals surface area contributed by atoms with Gasteiger partial charge in [0.2, 0.25) is 5.91 Å². The number of amides is 1. The van der Waals surface area contributed by atoms with E-state index < -0.39 is 49.5 Å². The molecule has 1 amide bonds. The minimum atomic E-state index is -1.58. The van der Waals surface area contributed by atoms with E-state index in [2.05, 4.69) is 54.8 Å². The highest BCUT2D eigenvalue weighted by Crippen LogP contribution is 2.23. The first-order valence-corrected chi connectivity index (χ1v) is 36.0. The van der Waals surface area contributed by atoms with Crippen LogP contribution in [0.2, 0.25) is 0 Å². The molecule has 0 aromatic heterocycles. The van der Waals surface area contributed by atoms with Gasteiger partial charge < -0.3 is 45.1 Å². The fourth-order valence-electron chi connectivity index (χ4n) is 11.3. The lowest BCUT2D eigenvalue weighted by molar-refractivity contribution is -0.302. The molecule has 0 bridgehead atoms. The first-order valence-electron chi connectivity index (χ1n) is 36.0. The number of allylic oxidation sites excluding steroid dienone is 9. The SMILES string of the molecule is C/C=C/CC/C=C/CC/C=C/C(O)C(COC1OC(CO)C(O)C(O)C1O)NC(=O)CCCCCCCCCCCCCCCCCCC/C=C\C/C=C\CCCCCCCCCCCCCCCOC(=O)CCCCCCCCCCCCC. The molecule has 7 unspecified atom stereocenters.